The van der Waals surface area contributed by atoms with Crippen molar-refractivity contribution in [3.63, 3.8) is 0 Å². The van der Waals surface area contributed by atoms with E-state index in [1.807, 2.05) is 6.92 Å². The summed E-state index contributed by atoms with van der Waals surface area (Å²) in [5.41, 5.74) is 0. The lowest BCUT2D eigenvalue weighted by atomic mass is 10.1. The minimum absolute atomic E-state index is 0.00922. The number of terminal acetylenes is 1. The predicted molar refractivity (Wildman–Crippen MR) is 61.3 cm³/mol. The number of amides is 1. The van der Waals surface area contributed by atoms with Gasteiger partial charge in [0, 0.05) is 6.04 Å². The topological polar surface area (TPSA) is 41.1 Å². The van der Waals surface area contributed by atoms with Gasteiger partial charge in [-0.05, 0) is 26.2 Å². The maximum absolute atomic E-state index is 11.6. The SMILES string of the molecule is C#CC(CCC)NC(C)C(=O)NC1CC1. The number of carbonyl (C=O) groups excluding carboxylic acids is 1. The molecule has 0 aliphatic heterocycles. The first kappa shape index (κ1) is 12.1. The second kappa shape index (κ2) is 5.77. The molecule has 0 aromatic carbocycles. The summed E-state index contributed by atoms with van der Waals surface area (Å²) in [7, 11) is 0. The lowest BCUT2D eigenvalue weighted by molar-refractivity contribution is -0.123. The molecular formula is C12H20N2O. The summed E-state index contributed by atoms with van der Waals surface area (Å²) in [5.74, 6) is 2.73. The molecule has 0 bridgehead atoms. The van der Waals surface area contributed by atoms with Crippen molar-refractivity contribution >= 4 is 5.91 Å². The van der Waals surface area contributed by atoms with Crippen molar-refractivity contribution in [1.29, 1.82) is 0 Å². The Balaban J connectivity index is 2.28. The first-order chi connectivity index (χ1) is 7.17. The van der Waals surface area contributed by atoms with Crippen molar-refractivity contribution < 1.29 is 4.79 Å². The number of nitrogens with one attached hydrogen (secondary N) is 2. The summed E-state index contributed by atoms with van der Waals surface area (Å²) in [5, 5.41) is 6.11. The van der Waals surface area contributed by atoms with Crippen LogP contribution in [0, 0.1) is 12.3 Å². The van der Waals surface area contributed by atoms with Gasteiger partial charge in [-0.3, -0.25) is 10.1 Å². The zero-order valence-electron chi connectivity index (χ0n) is 9.55. The fourth-order valence-electron chi connectivity index (χ4n) is 1.43. The van der Waals surface area contributed by atoms with Crippen LogP contribution in [0.25, 0.3) is 0 Å². The third-order valence-corrected chi connectivity index (χ3v) is 2.55. The van der Waals surface area contributed by atoms with E-state index in [0.717, 1.165) is 25.7 Å². The number of hydrogen-bond donors (Lipinski definition) is 2. The summed E-state index contributed by atoms with van der Waals surface area (Å²) in [6.45, 7) is 3.94. The maximum Gasteiger partial charge on any atom is 0.237 e. The zero-order valence-corrected chi connectivity index (χ0v) is 9.55. The van der Waals surface area contributed by atoms with Gasteiger partial charge in [0.2, 0.25) is 5.91 Å². The van der Waals surface area contributed by atoms with Crippen LogP contribution in [0.5, 0.6) is 0 Å². The normalized spacial score (nSPS) is 19.0. The Labute approximate surface area is 92.0 Å². The molecule has 0 radical (unpaired) electrons. The van der Waals surface area contributed by atoms with Crippen LogP contribution in [0.3, 0.4) is 0 Å². The van der Waals surface area contributed by atoms with Gasteiger partial charge in [0.15, 0.2) is 0 Å². The third-order valence-electron chi connectivity index (χ3n) is 2.55. The van der Waals surface area contributed by atoms with E-state index in [4.69, 9.17) is 6.42 Å². The molecule has 0 aromatic rings. The molecule has 1 saturated carbocycles. The maximum atomic E-state index is 11.6. The van der Waals surface area contributed by atoms with E-state index < -0.39 is 0 Å². The lowest BCUT2D eigenvalue weighted by Gasteiger charge is -2.18. The Hall–Kier alpha value is -1.01. The van der Waals surface area contributed by atoms with E-state index in [0.29, 0.717) is 6.04 Å². The van der Waals surface area contributed by atoms with Gasteiger partial charge in [0.1, 0.15) is 0 Å². The third kappa shape index (κ3) is 4.35. The first-order valence-corrected chi connectivity index (χ1v) is 5.70. The quantitative estimate of drug-likeness (QED) is 0.640. The molecule has 3 nitrogen and oxygen atoms in total. The molecule has 1 fully saturated rings. The minimum atomic E-state index is -0.196. The van der Waals surface area contributed by atoms with E-state index in [1.54, 1.807) is 0 Å². The highest BCUT2D eigenvalue weighted by atomic mass is 16.2. The van der Waals surface area contributed by atoms with E-state index in [9.17, 15) is 4.79 Å². The monoisotopic (exact) mass is 208 g/mol. The van der Waals surface area contributed by atoms with Gasteiger partial charge in [-0.2, -0.15) is 0 Å². The van der Waals surface area contributed by atoms with Crippen molar-refractivity contribution in [1.82, 2.24) is 10.6 Å². The standard InChI is InChI=1S/C12H20N2O/c1-4-6-10(5-2)13-9(3)12(15)14-11-7-8-11/h2,9-11,13H,4,6-8H2,1,3H3,(H,14,15). The van der Waals surface area contributed by atoms with Crippen LogP contribution in [0.4, 0.5) is 0 Å². The number of carbonyl (C=O) groups is 1. The van der Waals surface area contributed by atoms with Gasteiger partial charge in [0.25, 0.3) is 0 Å². The van der Waals surface area contributed by atoms with Crippen molar-refractivity contribution in [3.05, 3.63) is 0 Å². The summed E-state index contributed by atoms with van der Waals surface area (Å²) < 4.78 is 0. The summed E-state index contributed by atoms with van der Waals surface area (Å²) >= 11 is 0. The van der Waals surface area contributed by atoms with Gasteiger partial charge in [-0.25, -0.2) is 0 Å². The molecule has 0 spiro atoms. The molecule has 2 N–H and O–H groups in total. The number of rotatable bonds is 6. The highest BCUT2D eigenvalue weighted by Crippen LogP contribution is 2.18. The summed E-state index contributed by atoms with van der Waals surface area (Å²) in [4.78, 5) is 11.6. The van der Waals surface area contributed by atoms with Gasteiger partial charge in [0.05, 0.1) is 12.1 Å². The second-order valence-electron chi connectivity index (χ2n) is 4.18. The molecule has 0 aromatic heterocycles. The Morgan fingerprint density at radius 3 is 2.73 bits per heavy atom. The minimum Gasteiger partial charge on any atom is -0.352 e. The fourth-order valence-corrected chi connectivity index (χ4v) is 1.43. The lowest BCUT2D eigenvalue weighted by Crippen LogP contribution is -2.46. The molecule has 0 heterocycles. The molecule has 0 saturated heterocycles. The van der Waals surface area contributed by atoms with E-state index in [2.05, 4.69) is 23.5 Å². The van der Waals surface area contributed by atoms with Crippen LogP contribution in [0.2, 0.25) is 0 Å². The van der Waals surface area contributed by atoms with Crippen LogP contribution in [0.15, 0.2) is 0 Å². The summed E-state index contributed by atoms with van der Waals surface area (Å²) in [6.07, 6.45) is 9.55. The van der Waals surface area contributed by atoms with Gasteiger partial charge >= 0.3 is 0 Å². The highest BCUT2D eigenvalue weighted by Gasteiger charge is 2.26. The predicted octanol–water partition coefficient (Wildman–Crippen LogP) is 1.04. The van der Waals surface area contributed by atoms with Crippen molar-refractivity contribution in [2.45, 2.75) is 57.7 Å². The molecule has 84 valence electrons. The molecule has 1 aliphatic rings. The van der Waals surface area contributed by atoms with E-state index in [-0.39, 0.29) is 18.0 Å². The van der Waals surface area contributed by atoms with Crippen LogP contribution >= 0.6 is 0 Å². The van der Waals surface area contributed by atoms with Crippen LogP contribution in [0.1, 0.15) is 39.5 Å². The van der Waals surface area contributed by atoms with Gasteiger partial charge in [-0.15, -0.1) is 6.42 Å². The van der Waals surface area contributed by atoms with Crippen molar-refractivity contribution in [3.8, 4) is 12.3 Å². The number of hydrogen-bond acceptors (Lipinski definition) is 2. The molecule has 1 rings (SSSR count). The average molecular weight is 208 g/mol. The van der Waals surface area contributed by atoms with Crippen LogP contribution < -0.4 is 10.6 Å². The van der Waals surface area contributed by atoms with Crippen molar-refractivity contribution in [2.24, 2.45) is 0 Å². The highest BCUT2D eigenvalue weighted by molar-refractivity contribution is 5.81. The largest absolute Gasteiger partial charge is 0.352 e. The Bertz CT molecular complexity index is 253. The first-order valence-electron chi connectivity index (χ1n) is 5.70. The smallest absolute Gasteiger partial charge is 0.237 e. The zero-order chi connectivity index (χ0) is 11.3. The van der Waals surface area contributed by atoms with Crippen molar-refractivity contribution in [2.75, 3.05) is 0 Å². The summed E-state index contributed by atoms with van der Waals surface area (Å²) in [6, 6.07) is 0.227. The molecule has 2 unspecified atom stereocenters. The molecular weight excluding hydrogens is 188 g/mol. The Morgan fingerprint density at radius 1 is 1.60 bits per heavy atom. The molecule has 3 heteroatoms. The molecule has 2 atom stereocenters. The van der Waals surface area contributed by atoms with Crippen LogP contribution in [-0.4, -0.2) is 24.0 Å². The van der Waals surface area contributed by atoms with E-state index >= 15 is 0 Å². The molecule has 15 heavy (non-hydrogen) atoms. The van der Waals surface area contributed by atoms with Gasteiger partial charge < -0.3 is 5.32 Å². The Morgan fingerprint density at radius 2 is 2.27 bits per heavy atom. The fraction of sp³-hybridized carbons (Fsp3) is 0.750. The molecule has 1 aliphatic carbocycles. The van der Waals surface area contributed by atoms with E-state index in [1.165, 1.54) is 0 Å². The average Bonchev–Trinajstić information content (AvgIpc) is 3.00. The van der Waals surface area contributed by atoms with Gasteiger partial charge in [-0.1, -0.05) is 19.3 Å². The second-order valence-corrected chi connectivity index (χ2v) is 4.18. The Kier molecular flexibility index (Phi) is 4.64. The van der Waals surface area contributed by atoms with Crippen LogP contribution in [-0.2, 0) is 4.79 Å². The molecule has 1 amide bonds.